The van der Waals surface area contributed by atoms with Crippen molar-refractivity contribution in [3.63, 3.8) is 0 Å². The number of hydrogen-bond acceptors (Lipinski definition) is 3. The van der Waals surface area contributed by atoms with Gasteiger partial charge in [0.05, 0.1) is 5.69 Å². The summed E-state index contributed by atoms with van der Waals surface area (Å²) in [5, 5.41) is 7.01. The number of nitrogens with zero attached hydrogens (tertiary/aromatic N) is 2. The Hall–Kier alpha value is -4.06. The van der Waals surface area contributed by atoms with E-state index in [4.69, 9.17) is 0 Å². The van der Waals surface area contributed by atoms with Gasteiger partial charge in [-0.15, -0.1) is 0 Å². The molecule has 1 N–H and O–H groups in total. The molecule has 0 fully saturated rings. The lowest BCUT2D eigenvalue weighted by Crippen LogP contribution is -2.29. The third-order valence-electron chi connectivity index (χ3n) is 4.60. The van der Waals surface area contributed by atoms with Crippen LogP contribution in [0.25, 0.3) is 22.4 Å². The quantitative estimate of drug-likeness (QED) is 0.543. The smallest absolute Gasteiger partial charge is 0.267 e. The topological polar surface area (TPSA) is 64.0 Å². The van der Waals surface area contributed by atoms with E-state index in [0.717, 1.165) is 15.8 Å². The molecule has 30 heavy (non-hydrogen) atoms. The number of anilines is 1. The maximum absolute atomic E-state index is 14.1. The number of benzene rings is 3. The van der Waals surface area contributed by atoms with E-state index >= 15 is 0 Å². The minimum Gasteiger partial charge on any atom is -0.324 e. The lowest BCUT2D eigenvalue weighted by molar-refractivity contribution is -0.117. The molecule has 0 spiro atoms. The van der Waals surface area contributed by atoms with Crippen LogP contribution in [0.4, 0.5) is 10.1 Å². The first kappa shape index (κ1) is 19.3. The number of aromatic nitrogens is 2. The van der Waals surface area contributed by atoms with Gasteiger partial charge < -0.3 is 5.32 Å². The maximum atomic E-state index is 14.1. The number of para-hydroxylation sites is 1. The number of rotatable bonds is 5. The SMILES string of the molecule is O=C(Cn1nc(-c2ccccc2F)ccc1=O)Nc1ccccc1-c1ccccc1. The van der Waals surface area contributed by atoms with Crippen LogP contribution in [-0.2, 0) is 11.3 Å². The van der Waals surface area contributed by atoms with Gasteiger partial charge in [-0.2, -0.15) is 5.10 Å². The summed E-state index contributed by atoms with van der Waals surface area (Å²) in [5.41, 5.74) is 2.57. The van der Waals surface area contributed by atoms with Gasteiger partial charge in [-0.05, 0) is 29.8 Å². The summed E-state index contributed by atoms with van der Waals surface area (Å²) in [5.74, 6) is -0.852. The average molecular weight is 399 g/mol. The van der Waals surface area contributed by atoms with E-state index in [1.54, 1.807) is 24.3 Å². The van der Waals surface area contributed by atoms with Gasteiger partial charge in [0.25, 0.3) is 5.56 Å². The predicted molar refractivity (Wildman–Crippen MR) is 114 cm³/mol. The Morgan fingerprint density at radius 2 is 1.50 bits per heavy atom. The number of hydrogen-bond donors (Lipinski definition) is 1. The number of carbonyl (C=O) groups excluding carboxylic acids is 1. The molecule has 5 nitrogen and oxygen atoms in total. The van der Waals surface area contributed by atoms with Gasteiger partial charge in [-0.25, -0.2) is 9.07 Å². The largest absolute Gasteiger partial charge is 0.324 e. The maximum Gasteiger partial charge on any atom is 0.267 e. The highest BCUT2D eigenvalue weighted by Gasteiger charge is 2.12. The van der Waals surface area contributed by atoms with E-state index in [2.05, 4.69) is 10.4 Å². The second-order valence-electron chi connectivity index (χ2n) is 6.65. The molecule has 148 valence electrons. The van der Waals surface area contributed by atoms with Crippen LogP contribution in [0.1, 0.15) is 0 Å². The standard InChI is InChI=1S/C24H18FN3O2/c25-20-12-6-4-11-19(20)22-14-15-24(30)28(27-22)16-23(29)26-21-13-7-5-10-18(21)17-8-2-1-3-9-17/h1-15H,16H2,(H,26,29). The van der Waals surface area contributed by atoms with Crippen molar-refractivity contribution in [1.29, 1.82) is 0 Å². The van der Waals surface area contributed by atoms with Crippen molar-refractivity contribution in [3.8, 4) is 22.4 Å². The van der Waals surface area contributed by atoms with Crippen LogP contribution in [-0.4, -0.2) is 15.7 Å². The molecule has 1 aromatic heterocycles. The van der Waals surface area contributed by atoms with Crippen LogP contribution >= 0.6 is 0 Å². The fourth-order valence-electron chi connectivity index (χ4n) is 3.16. The molecule has 1 heterocycles. The molecular formula is C24H18FN3O2. The summed E-state index contributed by atoms with van der Waals surface area (Å²) in [6, 6.07) is 26.0. The van der Waals surface area contributed by atoms with Crippen LogP contribution in [0.15, 0.2) is 95.8 Å². The number of nitrogens with one attached hydrogen (secondary N) is 1. The van der Waals surface area contributed by atoms with Gasteiger partial charge in [-0.1, -0.05) is 60.7 Å². The first-order valence-corrected chi connectivity index (χ1v) is 9.39. The van der Waals surface area contributed by atoms with E-state index in [1.807, 2.05) is 48.5 Å². The van der Waals surface area contributed by atoms with E-state index < -0.39 is 17.3 Å². The monoisotopic (exact) mass is 399 g/mol. The fraction of sp³-hybridized carbons (Fsp3) is 0.0417. The van der Waals surface area contributed by atoms with Crippen molar-refractivity contribution < 1.29 is 9.18 Å². The Kier molecular flexibility index (Phi) is 5.48. The molecule has 6 heteroatoms. The Labute approximate surface area is 172 Å². The molecule has 0 unspecified atom stereocenters. The van der Waals surface area contributed by atoms with Crippen LogP contribution in [0.3, 0.4) is 0 Å². The van der Waals surface area contributed by atoms with Crippen LogP contribution < -0.4 is 10.9 Å². The van der Waals surface area contributed by atoms with Crippen LogP contribution in [0, 0.1) is 5.82 Å². The first-order valence-electron chi connectivity index (χ1n) is 9.39. The minimum atomic E-state index is -0.448. The lowest BCUT2D eigenvalue weighted by Gasteiger charge is -2.12. The van der Waals surface area contributed by atoms with Gasteiger partial charge in [0.15, 0.2) is 0 Å². The molecule has 0 aliphatic heterocycles. The van der Waals surface area contributed by atoms with Crippen molar-refractivity contribution >= 4 is 11.6 Å². The molecule has 1 amide bonds. The van der Waals surface area contributed by atoms with Crippen molar-refractivity contribution in [2.24, 2.45) is 0 Å². The second kappa shape index (κ2) is 8.53. The molecule has 0 saturated carbocycles. The zero-order valence-corrected chi connectivity index (χ0v) is 16.0. The summed E-state index contributed by atoms with van der Waals surface area (Å²) in [7, 11) is 0. The van der Waals surface area contributed by atoms with Crippen LogP contribution in [0.2, 0.25) is 0 Å². The minimum absolute atomic E-state index is 0.265. The Morgan fingerprint density at radius 1 is 0.833 bits per heavy atom. The average Bonchev–Trinajstić information content (AvgIpc) is 2.77. The highest BCUT2D eigenvalue weighted by Crippen LogP contribution is 2.27. The predicted octanol–water partition coefficient (Wildman–Crippen LogP) is 4.36. The lowest BCUT2D eigenvalue weighted by atomic mass is 10.0. The zero-order chi connectivity index (χ0) is 20.9. The molecule has 0 saturated heterocycles. The van der Waals surface area contributed by atoms with Crippen molar-refractivity contribution in [2.75, 3.05) is 5.32 Å². The summed E-state index contributed by atoms with van der Waals surface area (Å²) in [4.78, 5) is 24.8. The summed E-state index contributed by atoms with van der Waals surface area (Å²) in [6.07, 6.45) is 0. The van der Waals surface area contributed by atoms with Crippen molar-refractivity contribution in [3.05, 3.63) is 107 Å². The highest BCUT2D eigenvalue weighted by molar-refractivity contribution is 5.95. The summed E-state index contributed by atoms with van der Waals surface area (Å²) >= 11 is 0. The van der Waals surface area contributed by atoms with E-state index in [1.165, 1.54) is 18.2 Å². The molecule has 4 aromatic rings. The van der Waals surface area contributed by atoms with E-state index in [0.29, 0.717) is 5.69 Å². The number of amides is 1. The fourth-order valence-corrected chi connectivity index (χ4v) is 3.16. The molecule has 0 bridgehead atoms. The Morgan fingerprint density at radius 3 is 2.27 bits per heavy atom. The molecule has 0 radical (unpaired) electrons. The van der Waals surface area contributed by atoms with Crippen molar-refractivity contribution in [2.45, 2.75) is 6.54 Å². The van der Waals surface area contributed by atoms with Gasteiger partial charge in [0.1, 0.15) is 12.4 Å². The normalized spacial score (nSPS) is 10.6. The molecule has 0 aliphatic carbocycles. The second-order valence-corrected chi connectivity index (χ2v) is 6.65. The molecular weight excluding hydrogens is 381 g/mol. The molecule has 4 rings (SSSR count). The zero-order valence-electron chi connectivity index (χ0n) is 16.0. The van der Waals surface area contributed by atoms with E-state index in [-0.39, 0.29) is 17.8 Å². The molecule has 3 aromatic carbocycles. The van der Waals surface area contributed by atoms with Gasteiger partial charge in [-0.3, -0.25) is 9.59 Å². The number of carbonyl (C=O) groups is 1. The van der Waals surface area contributed by atoms with Gasteiger partial charge in [0, 0.05) is 22.9 Å². The Balaban J connectivity index is 1.58. The number of halogens is 1. The van der Waals surface area contributed by atoms with Crippen LogP contribution in [0.5, 0.6) is 0 Å². The van der Waals surface area contributed by atoms with E-state index in [9.17, 15) is 14.0 Å². The highest BCUT2D eigenvalue weighted by atomic mass is 19.1. The van der Waals surface area contributed by atoms with Gasteiger partial charge in [0.2, 0.25) is 5.91 Å². The third-order valence-corrected chi connectivity index (χ3v) is 4.60. The Bertz CT molecular complexity index is 1250. The third kappa shape index (κ3) is 4.17. The molecule has 0 atom stereocenters. The molecule has 0 aliphatic rings. The van der Waals surface area contributed by atoms with Crippen molar-refractivity contribution in [1.82, 2.24) is 9.78 Å². The first-order chi connectivity index (χ1) is 14.6. The summed E-state index contributed by atoms with van der Waals surface area (Å²) < 4.78 is 15.1. The summed E-state index contributed by atoms with van der Waals surface area (Å²) in [6.45, 7) is -0.287. The van der Waals surface area contributed by atoms with Gasteiger partial charge >= 0.3 is 0 Å².